The second kappa shape index (κ2) is 4.96. The van der Waals surface area contributed by atoms with Gasteiger partial charge in [0.2, 0.25) is 5.75 Å². The summed E-state index contributed by atoms with van der Waals surface area (Å²) in [6.07, 6.45) is 0. The summed E-state index contributed by atoms with van der Waals surface area (Å²) in [7, 11) is -2.16. The first-order chi connectivity index (χ1) is 4.79. The molecular formula is C7H9ClO3. The van der Waals surface area contributed by atoms with Crippen LogP contribution < -0.4 is 13.6 Å². The summed E-state index contributed by atoms with van der Waals surface area (Å²) in [6, 6.07) is 8.27. The molecule has 0 radical (unpaired) electrons. The van der Waals surface area contributed by atoms with Gasteiger partial charge in [0.15, 0.2) is 0 Å². The summed E-state index contributed by atoms with van der Waals surface area (Å²) in [5, 5.41) is 0. The highest BCUT2D eigenvalue weighted by atomic mass is 35.6. The molecule has 1 aromatic carbocycles. The van der Waals surface area contributed by atoms with Crippen LogP contribution >= 0.6 is 0 Å². The molecule has 0 spiro atoms. The van der Waals surface area contributed by atoms with Gasteiger partial charge in [-0.1, -0.05) is 25.6 Å². The summed E-state index contributed by atoms with van der Waals surface area (Å²) in [5.74, 6) is 0.313. The van der Waals surface area contributed by atoms with E-state index in [2.05, 4.69) is 4.29 Å². The van der Waals surface area contributed by atoms with Crippen molar-refractivity contribution in [3.05, 3.63) is 30.3 Å². The van der Waals surface area contributed by atoms with E-state index in [1.165, 1.54) is 0 Å². The molecule has 0 fully saturated rings. The van der Waals surface area contributed by atoms with E-state index in [9.17, 15) is 9.32 Å². The van der Waals surface area contributed by atoms with E-state index in [-0.39, 0.29) is 7.43 Å². The van der Waals surface area contributed by atoms with Crippen LogP contribution in [0.5, 0.6) is 5.75 Å². The van der Waals surface area contributed by atoms with Gasteiger partial charge in [-0.3, -0.25) is 0 Å². The molecule has 4 heteroatoms. The molecule has 0 bridgehead atoms. The highest BCUT2D eigenvalue weighted by Gasteiger charge is 2.06. The molecule has 0 saturated carbocycles. The SMILES string of the molecule is C.[O-][Cl+2]([O-])Oc1ccccc1. The Hall–Kier alpha value is -0.770. The molecule has 1 rings (SSSR count). The third-order valence-corrected chi connectivity index (χ3v) is 1.20. The Balaban J connectivity index is 0.000001000. The van der Waals surface area contributed by atoms with Crippen molar-refractivity contribution in [1.82, 2.24) is 0 Å². The number of para-hydroxylation sites is 1. The van der Waals surface area contributed by atoms with E-state index in [0.717, 1.165) is 0 Å². The molecule has 0 aliphatic carbocycles. The highest BCUT2D eigenvalue weighted by molar-refractivity contribution is 5.19. The largest absolute Gasteiger partial charge is 0.349 e. The van der Waals surface area contributed by atoms with Crippen LogP contribution in [0.3, 0.4) is 0 Å². The topological polar surface area (TPSA) is 55.3 Å². The van der Waals surface area contributed by atoms with E-state index in [1.807, 2.05) is 0 Å². The maximum Gasteiger partial charge on any atom is 0.349 e. The Kier molecular flexibility index (Phi) is 4.61. The van der Waals surface area contributed by atoms with Crippen molar-refractivity contribution < 1.29 is 24.4 Å². The van der Waals surface area contributed by atoms with Crippen LogP contribution in [0.15, 0.2) is 30.3 Å². The van der Waals surface area contributed by atoms with Crippen LogP contribution in [-0.4, -0.2) is 0 Å². The van der Waals surface area contributed by atoms with Crippen LogP contribution in [0.1, 0.15) is 7.43 Å². The monoisotopic (exact) mass is 176 g/mol. The van der Waals surface area contributed by atoms with E-state index < -0.39 is 10.8 Å². The Bertz CT molecular complexity index is 188. The summed E-state index contributed by atoms with van der Waals surface area (Å²) in [6.45, 7) is 0. The van der Waals surface area contributed by atoms with Crippen LogP contribution in [0.4, 0.5) is 0 Å². The van der Waals surface area contributed by atoms with E-state index in [0.29, 0.717) is 5.75 Å². The second-order valence-corrected chi connectivity index (χ2v) is 2.11. The molecule has 0 atom stereocenters. The molecule has 0 unspecified atom stereocenters. The maximum absolute atomic E-state index is 9.91. The van der Waals surface area contributed by atoms with Gasteiger partial charge in [-0.05, 0) is 12.1 Å². The molecule has 0 amide bonds. The van der Waals surface area contributed by atoms with Gasteiger partial charge in [0.1, 0.15) is 0 Å². The molecule has 0 aliphatic heterocycles. The fourth-order valence-corrected chi connectivity index (χ4v) is 0.793. The molecule has 11 heavy (non-hydrogen) atoms. The quantitative estimate of drug-likeness (QED) is 0.627. The fraction of sp³-hybridized carbons (Fsp3) is 0.143. The van der Waals surface area contributed by atoms with Crippen LogP contribution in [0.25, 0.3) is 0 Å². The van der Waals surface area contributed by atoms with Crippen molar-refractivity contribution in [2.24, 2.45) is 0 Å². The Morgan fingerprint density at radius 1 is 1.09 bits per heavy atom. The van der Waals surface area contributed by atoms with Gasteiger partial charge < -0.3 is 9.32 Å². The van der Waals surface area contributed by atoms with E-state index >= 15 is 0 Å². The fourth-order valence-electron chi connectivity index (χ4n) is 0.545. The van der Waals surface area contributed by atoms with Gasteiger partial charge in [0, 0.05) is 0 Å². The first-order valence-corrected chi connectivity index (χ1v) is 3.50. The van der Waals surface area contributed by atoms with Gasteiger partial charge in [0.25, 0.3) is 0 Å². The summed E-state index contributed by atoms with van der Waals surface area (Å²) >= 11 is 0. The average Bonchev–Trinajstić information content (AvgIpc) is 1.88. The lowest BCUT2D eigenvalue weighted by Crippen LogP contribution is -2.36. The minimum atomic E-state index is -2.16. The maximum atomic E-state index is 9.91. The van der Waals surface area contributed by atoms with Gasteiger partial charge >= 0.3 is 10.8 Å². The van der Waals surface area contributed by atoms with Crippen LogP contribution in [0, 0.1) is 10.8 Å². The Morgan fingerprint density at radius 3 is 2.09 bits per heavy atom. The van der Waals surface area contributed by atoms with Crippen molar-refractivity contribution in [3.63, 3.8) is 0 Å². The normalized spacial score (nSPS) is 9.00. The van der Waals surface area contributed by atoms with Gasteiger partial charge in [-0.15, -0.1) is 4.29 Å². The third kappa shape index (κ3) is 3.83. The first-order valence-electron chi connectivity index (χ1n) is 2.58. The molecule has 0 saturated heterocycles. The highest BCUT2D eigenvalue weighted by Crippen LogP contribution is 2.08. The zero-order valence-corrected chi connectivity index (χ0v) is 5.75. The Morgan fingerprint density at radius 2 is 1.64 bits per heavy atom. The molecule has 0 aliphatic rings. The molecule has 62 valence electrons. The van der Waals surface area contributed by atoms with Crippen molar-refractivity contribution in [1.29, 1.82) is 0 Å². The third-order valence-electron chi connectivity index (χ3n) is 0.895. The smallest absolute Gasteiger partial charge is 0.307 e. The Labute approximate surface area is 68.6 Å². The standard InChI is InChI=1S/C6H5ClO3.CH4/c8-7(9)10-6-4-2-1-3-5-6;/h1-5H;1H4. The predicted octanol–water partition coefficient (Wildman–Crippen LogP) is -0.212. The van der Waals surface area contributed by atoms with Crippen molar-refractivity contribution in [3.8, 4) is 5.75 Å². The number of hydrogen-bond donors (Lipinski definition) is 0. The lowest BCUT2D eigenvalue weighted by molar-refractivity contribution is -1.62. The van der Waals surface area contributed by atoms with Gasteiger partial charge in [-0.2, -0.15) is 0 Å². The van der Waals surface area contributed by atoms with Crippen LogP contribution in [0.2, 0.25) is 0 Å². The van der Waals surface area contributed by atoms with Gasteiger partial charge in [0.05, 0.1) is 0 Å². The zero-order valence-electron chi connectivity index (χ0n) is 4.99. The summed E-state index contributed by atoms with van der Waals surface area (Å²) in [5.41, 5.74) is 0. The summed E-state index contributed by atoms with van der Waals surface area (Å²) in [4.78, 5) is 0. The summed E-state index contributed by atoms with van der Waals surface area (Å²) < 4.78 is 24.1. The minimum absolute atomic E-state index is 0. The first kappa shape index (κ1) is 10.2. The molecule has 0 heterocycles. The lowest BCUT2D eigenvalue weighted by Gasteiger charge is -1.92. The second-order valence-electron chi connectivity index (χ2n) is 1.58. The zero-order chi connectivity index (χ0) is 7.40. The van der Waals surface area contributed by atoms with E-state index in [1.54, 1.807) is 30.3 Å². The van der Waals surface area contributed by atoms with Crippen LogP contribution in [-0.2, 0) is 0 Å². The number of rotatable bonds is 2. The number of halogens is 1. The van der Waals surface area contributed by atoms with Crippen molar-refractivity contribution in [2.45, 2.75) is 7.43 Å². The average molecular weight is 177 g/mol. The number of hydrogen-bond acceptors (Lipinski definition) is 3. The molecule has 1 aromatic rings. The molecule has 0 N–H and O–H groups in total. The van der Waals surface area contributed by atoms with Crippen molar-refractivity contribution >= 4 is 0 Å². The lowest BCUT2D eigenvalue weighted by atomic mass is 10.3. The van der Waals surface area contributed by atoms with E-state index in [4.69, 9.17) is 0 Å². The molecular weight excluding hydrogens is 168 g/mol. The number of benzene rings is 1. The van der Waals surface area contributed by atoms with Gasteiger partial charge in [-0.25, -0.2) is 0 Å². The molecule has 3 nitrogen and oxygen atoms in total. The van der Waals surface area contributed by atoms with Crippen molar-refractivity contribution in [2.75, 3.05) is 0 Å². The minimum Gasteiger partial charge on any atom is -0.307 e. The predicted molar refractivity (Wildman–Crippen MR) is 33.8 cm³/mol. The molecule has 0 aromatic heterocycles.